The second-order valence-corrected chi connectivity index (χ2v) is 7.90. The Morgan fingerprint density at radius 2 is 2.07 bits per heavy atom. The maximum Gasteiger partial charge on any atom is 0.227 e. The minimum atomic E-state index is -0.00831. The Morgan fingerprint density at radius 1 is 1.18 bits per heavy atom. The molecule has 0 atom stereocenters. The van der Waals surface area contributed by atoms with Crippen LogP contribution in [0.25, 0.3) is 0 Å². The van der Waals surface area contributed by atoms with Crippen LogP contribution in [0.1, 0.15) is 29.7 Å². The molecule has 7 nitrogen and oxygen atoms in total. The molecule has 146 valence electrons. The van der Waals surface area contributed by atoms with E-state index in [1.54, 1.807) is 0 Å². The zero-order chi connectivity index (χ0) is 19.0. The topological polar surface area (TPSA) is 74.7 Å². The van der Waals surface area contributed by atoms with E-state index in [2.05, 4.69) is 43.7 Å². The van der Waals surface area contributed by atoms with E-state index >= 15 is 0 Å². The summed E-state index contributed by atoms with van der Waals surface area (Å²) in [4.78, 5) is 16.1. The number of anilines is 3. The highest BCUT2D eigenvalue weighted by molar-refractivity contribution is 5.86. The number of rotatable bonds is 3. The van der Waals surface area contributed by atoms with Gasteiger partial charge in [0.05, 0.1) is 18.8 Å². The normalized spacial score (nSPS) is 20.4. The van der Waals surface area contributed by atoms with Crippen molar-refractivity contribution < 1.29 is 4.74 Å². The van der Waals surface area contributed by atoms with Gasteiger partial charge >= 0.3 is 0 Å². The molecular weight excluding hydrogens is 352 g/mol. The van der Waals surface area contributed by atoms with E-state index < -0.39 is 0 Å². The van der Waals surface area contributed by atoms with Crippen molar-refractivity contribution in [3.63, 3.8) is 0 Å². The van der Waals surface area contributed by atoms with Crippen molar-refractivity contribution in [1.29, 1.82) is 0 Å². The van der Waals surface area contributed by atoms with E-state index in [1.165, 1.54) is 11.1 Å². The first-order chi connectivity index (χ1) is 13.7. The van der Waals surface area contributed by atoms with Gasteiger partial charge in [0.15, 0.2) is 0 Å². The van der Waals surface area contributed by atoms with Crippen molar-refractivity contribution in [3.8, 4) is 0 Å². The molecule has 2 N–H and O–H groups in total. The smallest absolute Gasteiger partial charge is 0.227 e. The van der Waals surface area contributed by atoms with Gasteiger partial charge in [-0.25, -0.2) is 4.98 Å². The van der Waals surface area contributed by atoms with Gasteiger partial charge in [-0.2, -0.15) is 4.98 Å². The third-order valence-corrected chi connectivity index (χ3v) is 5.84. The SMILES string of the molecule is Cc1cc(Nc2ccc3c(c2)C=NC3)nc(N2CCC3(CC2)CNCCO3)n1. The number of nitrogens with zero attached hydrogens (tertiary/aromatic N) is 4. The number of hydrogen-bond donors (Lipinski definition) is 2. The number of aliphatic imine (C=N–C) groups is 1. The molecule has 4 heterocycles. The molecule has 3 aliphatic rings. The lowest BCUT2D eigenvalue weighted by atomic mass is 9.90. The first-order valence-electron chi connectivity index (χ1n) is 10.0. The quantitative estimate of drug-likeness (QED) is 0.854. The standard InChI is InChI=1S/C21H26N6O/c1-15-10-19(25-18-3-2-16-12-23-13-17(16)11-18)26-20(24-15)27-7-4-21(5-8-27)14-22-6-9-28-21/h2-3,10-11,13,22H,4-9,12,14H2,1H3,(H,24,25,26). The number of ether oxygens (including phenoxy) is 1. The van der Waals surface area contributed by atoms with Gasteiger partial charge in [-0.3, -0.25) is 4.99 Å². The van der Waals surface area contributed by atoms with Crippen LogP contribution in [0.2, 0.25) is 0 Å². The van der Waals surface area contributed by atoms with Crippen molar-refractivity contribution in [2.45, 2.75) is 31.9 Å². The minimum absolute atomic E-state index is 0.00831. The van der Waals surface area contributed by atoms with E-state index in [0.29, 0.717) is 0 Å². The van der Waals surface area contributed by atoms with Crippen LogP contribution in [-0.4, -0.2) is 54.6 Å². The van der Waals surface area contributed by atoms with Crippen LogP contribution >= 0.6 is 0 Å². The number of aromatic nitrogens is 2. The van der Waals surface area contributed by atoms with E-state index in [4.69, 9.17) is 9.72 Å². The largest absolute Gasteiger partial charge is 0.372 e. The summed E-state index contributed by atoms with van der Waals surface area (Å²) in [5.74, 6) is 1.62. The summed E-state index contributed by atoms with van der Waals surface area (Å²) >= 11 is 0. The first-order valence-corrected chi connectivity index (χ1v) is 10.0. The molecular formula is C21H26N6O. The van der Waals surface area contributed by atoms with E-state index in [1.807, 2.05) is 19.2 Å². The molecule has 0 unspecified atom stereocenters. The fourth-order valence-electron chi connectivity index (χ4n) is 4.23. The molecule has 2 aromatic rings. The maximum atomic E-state index is 6.10. The van der Waals surface area contributed by atoms with Gasteiger partial charge in [-0.1, -0.05) is 6.07 Å². The Morgan fingerprint density at radius 3 is 2.89 bits per heavy atom. The van der Waals surface area contributed by atoms with Gasteiger partial charge in [0.25, 0.3) is 0 Å². The van der Waals surface area contributed by atoms with Crippen LogP contribution in [0, 0.1) is 6.92 Å². The number of nitrogens with one attached hydrogen (secondary N) is 2. The maximum absolute atomic E-state index is 6.10. The Kier molecular flexibility index (Phi) is 4.49. The van der Waals surface area contributed by atoms with Crippen LogP contribution in [0.3, 0.4) is 0 Å². The van der Waals surface area contributed by atoms with Crippen LogP contribution in [-0.2, 0) is 11.3 Å². The highest BCUT2D eigenvalue weighted by Gasteiger charge is 2.37. The average Bonchev–Trinajstić information content (AvgIpc) is 3.17. The van der Waals surface area contributed by atoms with E-state index in [0.717, 1.165) is 75.3 Å². The summed E-state index contributed by atoms with van der Waals surface area (Å²) in [6.45, 7) is 7.34. The molecule has 0 amide bonds. The van der Waals surface area contributed by atoms with E-state index in [-0.39, 0.29) is 5.60 Å². The fraction of sp³-hybridized carbons (Fsp3) is 0.476. The third-order valence-electron chi connectivity index (χ3n) is 5.84. The Balaban J connectivity index is 1.31. The molecule has 5 rings (SSSR count). The summed E-state index contributed by atoms with van der Waals surface area (Å²) in [7, 11) is 0. The van der Waals surface area contributed by atoms with Gasteiger partial charge in [-0.15, -0.1) is 0 Å². The highest BCUT2D eigenvalue weighted by Crippen LogP contribution is 2.30. The molecule has 0 aliphatic carbocycles. The Hall–Kier alpha value is -2.51. The molecule has 1 aromatic heterocycles. The van der Waals surface area contributed by atoms with Crippen LogP contribution in [0.5, 0.6) is 0 Å². The van der Waals surface area contributed by atoms with Gasteiger partial charge in [0.2, 0.25) is 5.95 Å². The number of aryl methyl sites for hydroxylation is 1. The zero-order valence-electron chi connectivity index (χ0n) is 16.2. The average molecular weight is 378 g/mol. The second kappa shape index (κ2) is 7.14. The summed E-state index contributed by atoms with van der Waals surface area (Å²) in [5, 5.41) is 6.91. The molecule has 2 saturated heterocycles. The summed E-state index contributed by atoms with van der Waals surface area (Å²) in [5.41, 5.74) is 4.43. The number of hydrogen-bond acceptors (Lipinski definition) is 7. The first kappa shape index (κ1) is 17.6. The van der Waals surface area contributed by atoms with Crippen molar-refractivity contribution in [2.24, 2.45) is 4.99 Å². The monoisotopic (exact) mass is 378 g/mol. The molecule has 1 aromatic carbocycles. The predicted octanol–water partition coefficient (Wildman–Crippen LogP) is 2.42. The second-order valence-electron chi connectivity index (χ2n) is 7.90. The molecule has 1 spiro atoms. The molecule has 28 heavy (non-hydrogen) atoms. The fourth-order valence-corrected chi connectivity index (χ4v) is 4.23. The van der Waals surface area contributed by atoms with Crippen LogP contribution in [0.4, 0.5) is 17.5 Å². The molecule has 0 saturated carbocycles. The van der Waals surface area contributed by atoms with Crippen molar-refractivity contribution in [3.05, 3.63) is 41.1 Å². The number of fused-ring (bicyclic) bond motifs is 1. The molecule has 3 aliphatic heterocycles. The van der Waals surface area contributed by atoms with E-state index in [9.17, 15) is 0 Å². The predicted molar refractivity (Wildman–Crippen MR) is 111 cm³/mol. The number of benzene rings is 1. The number of morpholine rings is 1. The van der Waals surface area contributed by atoms with Gasteiger partial charge < -0.3 is 20.3 Å². The Labute approximate surface area is 165 Å². The molecule has 7 heteroatoms. The molecule has 2 fully saturated rings. The van der Waals surface area contributed by atoms with Crippen molar-refractivity contribution >= 4 is 23.7 Å². The Bertz CT molecular complexity index is 896. The lowest BCUT2D eigenvalue weighted by Gasteiger charge is -2.44. The zero-order valence-corrected chi connectivity index (χ0v) is 16.2. The van der Waals surface area contributed by atoms with Crippen molar-refractivity contribution in [2.75, 3.05) is 43.0 Å². The number of piperidine rings is 1. The molecule has 0 bridgehead atoms. The lowest BCUT2D eigenvalue weighted by Crippen LogP contribution is -2.55. The molecule has 0 radical (unpaired) electrons. The van der Waals surface area contributed by atoms with Gasteiger partial charge in [0.1, 0.15) is 5.82 Å². The van der Waals surface area contributed by atoms with Gasteiger partial charge in [0, 0.05) is 49.8 Å². The summed E-state index contributed by atoms with van der Waals surface area (Å²) in [6.07, 6.45) is 3.94. The summed E-state index contributed by atoms with van der Waals surface area (Å²) in [6, 6.07) is 8.33. The lowest BCUT2D eigenvalue weighted by molar-refractivity contribution is -0.0800. The van der Waals surface area contributed by atoms with Crippen LogP contribution < -0.4 is 15.5 Å². The summed E-state index contributed by atoms with van der Waals surface area (Å²) < 4.78 is 6.10. The van der Waals surface area contributed by atoms with Crippen LogP contribution in [0.15, 0.2) is 29.3 Å². The third kappa shape index (κ3) is 3.47. The highest BCUT2D eigenvalue weighted by atomic mass is 16.5. The van der Waals surface area contributed by atoms with Crippen molar-refractivity contribution in [1.82, 2.24) is 15.3 Å². The van der Waals surface area contributed by atoms with Gasteiger partial charge in [-0.05, 0) is 43.0 Å². The minimum Gasteiger partial charge on any atom is -0.372 e.